The maximum Gasteiger partial charge on any atom is 0.163 e. The smallest absolute Gasteiger partial charge is 0.163 e. The van der Waals surface area contributed by atoms with Crippen LogP contribution in [0, 0.1) is 0 Å². The lowest BCUT2D eigenvalue weighted by Gasteiger charge is -2.28. The van der Waals surface area contributed by atoms with E-state index in [0.29, 0.717) is 12.5 Å². The molecule has 0 amide bonds. The van der Waals surface area contributed by atoms with E-state index >= 15 is 0 Å². The van der Waals surface area contributed by atoms with Crippen LogP contribution >= 0.6 is 0 Å². The molecule has 0 bridgehead atoms. The number of hydrogen-bond acceptors (Lipinski definition) is 4. The Balaban J connectivity index is 1.36. The fourth-order valence-corrected chi connectivity index (χ4v) is 5.30. The first-order valence-electron chi connectivity index (χ1n) is 13.4. The van der Waals surface area contributed by atoms with Crippen LogP contribution in [0.5, 0.6) is 0 Å². The minimum atomic E-state index is 0.184. The van der Waals surface area contributed by atoms with Crippen molar-refractivity contribution in [1.29, 1.82) is 0 Å². The Morgan fingerprint density at radius 2 is 1.81 bits per heavy atom. The van der Waals surface area contributed by atoms with Gasteiger partial charge in [-0.15, -0.1) is 0 Å². The first-order chi connectivity index (χ1) is 18.1. The molecule has 1 atom stereocenters. The molecule has 5 rings (SSSR count). The molecule has 0 saturated heterocycles. The molecule has 4 heteroatoms. The molecule has 1 aliphatic heterocycles. The zero-order valence-electron chi connectivity index (χ0n) is 21.8. The van der Waals surface area contributed by atoms with Gasteiger partial charge in [0.2, 0.25) is 0 Å². The van der Waals surface area contributed by atoms with Crippen molar-refractivity contribution in [2.45, 2.75) is 45.6 Å². The summed E-state index contributed by atoms with van der Waals surface area (Å²) < 4.78 is 0. The van der Waals surface area contributed by atoms with Crippen LogP contribution in [-0.2, 0) is 6.42 Å². The fraction of sp³-hybridized carbons (Fsp3) is 0.273. The molecule has 4 nitrogen and oxygen atoms in total. The van der Waals surface area contributed by atoms with Gasteiger partial charge >= 0.3 is 0 Å². The second kappa shape index (κ2) is 11.4. The molecule has 1 aromatic heterocycles. The molecule has 1 N–H and O–H groups in total. The second-order valence-electron chi connectivity index (χ2n) is 9.96. The number of anilines is 1. The molecule has 4 aromatic rings. The average Bonchev–Trinajstić information content (AvgIpc) is 3.36. The van der Waals surface area contributed by atoms with Gasteiger partial charge in [0.1, 0.15) is 0 Å². The third-order valence-electron chi connectivity index (χ3n) is 7.22. The number of fused-ring (bicyclic) bond motifs is 1. The van der Waals surface area contributed by atoms with Crippen LogP contribution in [0.1, 0.15) is 49.0 Å². The summed E-state index contributed by atoms with van der Waals surface area (Å²) >= 11 is 0. The molecule has 0 fully saturated rings. The lowest BCUT2D eigenvalue weighted by atomic mass is 9.99. The Morgan fingerprint density at radius 1 is 1.00 bits per heavy atom. The Kier molecular flexibility index (Phi) is 7.65. The van der Waals surface area contributed by atoms with Gasteiger partial charge in [0.05, 0.1) is 5.52 Å². The quantitative estimate of drug-likeness (QED) is 0.239. The van der Waals surface area contributed by atoms with Crippen LogP contribution in [0.3, 0.4) is 0 Å². The first-order valence-corrected chi connectivity index (χ1v) is 13.4. The number of pyridine rings is 1. The summed E-state index contributed by atoms with van der Waals surface area (Å²) in [6.45, 7) is 6.15. The summed E-state index contributed by atoms with van der Waals surface area (Å²) in [6.07, 6.45) is 7.25. The largest absolute Gasteiger partial charge is 0.388 e. The number of carbonyl (C=O) groups excluding carboxylic acids is 1. The van der Waals surface area contributed by atoms with Crippen molar-refractivity contribution in [1.82, 2.24) is 10.3 Å². The Labute approximate surface area is 220 Å². The van der Waals surface area contributed by atoms with Crippen molar-refractivity contribution in [3.8, 4) is 11.1 Å². The van der Waals surface area contributed by atoms with Gasteiger partial charge < -0.3 is 10.2 Å². The van der Waals surface area contributed by atoms with Crippen molar-refractivity contribution < 1.29 is 4.79 Å². The first kappa shape index (κ1) is 24.8. The van der Waals surface area contributed by atoms with E-state index in [4.69, 9.17) is 0 Å². The molecular weight excluding hydrogens is 454 g/mol. The van der Waals surface area contributed by atoms with E-state index in [9.17, 15) is 4.79 Å². The molecule has 37 heavy (non-hydrogen) atoms. The van der Waals surface area contributed by atoms with E-state index in [1.54, 1.807) is 6.20 Å². The van der Waals surface area contributed by atoms with Gasteiger partial charge in [-0.3, -0.25) is 9.78 Å². The number of hydrogen-bond donors (Lipinski definition) is 1. The monoisotopic (exact) mass is 489 g/mol. The van der Waals surface area contributed by atoms with Gasteiger partial charge in [0.25, 0.3) is 0 Å². The maximum atomic E-state index is 13.2. The molecule has 0 aliphatic carbocycles. The number of aryl methyl sites for hydroxylation is 1. The SMILES string of the molecule is CCc1cc(-c2ccccc2)ccc1N(CCCC(=O)c1ccnc2ccccc12)CC1=CNC(C)C1. The summed E-state index contributed by atoms with van der Waals surface area (Å²) in [5, 5.41) is 4.39. The van der Waals surface area contributed by atoms with Gasteiger partial charge in [-0.1, -0.05) is 61.5 Å². The van der Waals surface area contributed by atoms with Crippen LogP contribution < -0.4 is 10.2 Å². The fourth-order valence-electron chi connectivity index (χ4n) is 5.30. The summed E-state index contributed by atoms with van der Waals surface area (Å²) in [5.41, 5.74) is 8.15. The van der Waals surface area contributed by atoms with Crippen molar-refractivity contribution >= 4 is 22.4 Å². The van der Waals surface area contributed by atoms with E-state index in [1.807, 2.05) is 30.3 Å². The predicted molar refractivity (Wildman–Crippen MR) is 154 cm³/mol. The van der Waals surface area contributed by atoms with E-state index < -0.39 is 0 Å². The van der Waals surface area contributed by atoms with Crippen LogP contribution in [0.2, 0.25) is 0 Å². The molecule has 1 unspecified atom stereocenters. The lowest BCUT2D eigenvalue weighted by molar-refractivity contribution is 0.0982. The predicted octanol–water partition coefficient (Wildman–Crippen LogP) is 7.20. The molecule has 0 spiro atoms. The summed E-state index contributed by atoms with van der Waals surface area (Å²) in [7, 11) is 0. The van der Waals surface area contributed by atoms with Crippen LogP contribution in [0.4, 0.5) is 5.69 Å². The van der Waals surface area contributed by atoms with Gasteiger partial charge in [-0.05, 0) is 78.9 Å². The highest BCUT2D eigenvalue weighted by molar-refractivity contribution is 6.07. The summed E-state index contributed by atoms with van der Waals surface area (Å²) in [4.78, 5) is 20.1. The standard InChI is InChI=1S/C33H35N3O/c1-3-26-21-28(27-10-5-4-6-11-27)15-16-32(26)36(23-25-20-24(2)35-22-25)19-9-14-33(37)30-17-18-34-31-13-8-7-12-29(30)31/h4-8,10-13,15-18,21-22,24,35H,3,9,14,19-20,23H2,1-2H3. The topological polar surface area (TPSA) is 45.2 Å². The minimum Gasteiger partial charge on any atom is -0.388 e. The number of ketones is 1. The molecule has 3 aromatic carbocycles. The van der Waals surface area contributed by atoms with E-state index in [-0.39, 0.29) is 5.78 Å². The molecule has 1 aliphatic rings. The number of nitrogens with one attached hydrogen (secondary N) is 1. The molecule has 0 saturated carbocycles. The second-order valence-corrected chi connectivity index (χ2v) is 9.96. The molecule has 188 valence electrons. The highest BCUT2D eigenvalue weighted by atomic mass is 16.1. The van der Waals surface area contributed by atoms with Crippen molar-refractivity contribution in [2.75, 3.05) is 18.0 Å². The normalized spacial score (nSPS) is 14.9. The van der Waals surface area contributed by atoms with Gasteiger partial charge in [-0.2, -0.15) is 0 Å². The summed E-state index contributed by atoms with van der Waals surface area (Å²) in [5.74, 6) is 0.184. The number of carbonyl (C=O) groups is 1. The third-order valence-corrected chi connectivity index (χ3v) is 7.22. The molecule has 2 heterocycles. The minimum absolute atomic E-state index is 0.184. The number of nitrogens with zero attached hydrogens (tertiary/aromatic N) is 2. The van der Waals surface area contributed by atoms with Gasteiger partial charge in [-0.25, -0.2) is 0 Å². The molecular formula is C33H35N3O. The number of aromatic nitrogens is 1. The van der Waals surface area contributed by atoms with Crippen molar-refractivity contribution in [2.24, 2.45) is 0 Å². The zero-order valence-corrected chi connectivity index (χ0v) is 21.8. The van der Waals surface area contributed by atoms with E-state index in [1.165, 1.54) is 28.0 Å². The third kappa shape index (κ3) is 5.75. The number of benzene rings is 3. The van der Waals surface area contributed by atoms with Crippen LogP contribution in [0.15, 0.2) is 96.8 Å². The Morgan fingerprint density at radius 3 is 2.59 bits per heavy atom. The lowest BCUT2D eigenvalue weighted by Crippen LogP contribution is -2.28. The number of rotatable bonds is 10. The van der Waals surface area contributed by atoms with Crippen LogP contribution in [-0.4, -0.2) is 29.9 Å². The Bertz CT molecular complexity index is 1400. The van der Waals surface area contributed by atoms with Crippen LogP contribution in [0.25, 0.3) is 22.0 Å². The number of para-hydroxylation sites is 1. The summed E-state index contributed by atoms with van der Waals surface area (Å²) in [6, 6.07) is 27.6. The van der Waals surface area contributed by atoms with E-state index in [0.717, 1.165) is 48.8 Å². The zero-order chi connectivity index (χ0) is 25.6. The van der Waals surface area contributed by atoms with E-state index in [2.05, 4.69) is 83.8 Å². The Hall–Kier alpha value is -3.92. The highest BCUT2D eigenvalue weighted by Crippen LogP contribution is 2.30. The molecule has 0 radical (unpaired) electrons. The highest BCUT2D eigenvalue weighted by Gasteiger charge is 2.19. The van der Waals surface area contributed by atoms with Gasteiger partial charge in [0.15, 0.2) is 5.78 Å². The van der Waals surface area contributed by atoms with Crippen molar-refractivity contribution in [3.05, 3.63) is 108 Å². The maximum absolute atomic E-state index is 13.2. The van der Waals surface area contributed by atoms with Crippen molar-refractivity contribution in [3.63, 3.8) is 0 Å². The van der Waals surface area contributed by atoms with Gasteiger partial charge in [0, 0.05) is 48.4 Å². The average molecular weight is 490 g/mol. The number of Topliss-reactive ketones (excluding diaryl/α,β-unsaturated/α-hetero) is 1.